The molecule has 0 aliphatic heterocycles. The number of benzene rings is 1. The summed E-state index contributed by atoms with van der Waals surface area (Å²) in [5, 5.41) is 2.41. The van der Waals surface area contributed by atoms with Crippen molar-refractivity contribution in [2.24, 2.45) is 0 Å². The first-order valence-corrected chi connectivity index (χ1v) is 4.81. The molecule has 0 aliphatic carbocycles. The zero-order chi connectivity index (χ0) is 13.3. The van der Waals surface area contributed by atoms with Crippen LogP contribution in [0.1, 0.15) is 5.89 Å². The van der Waals surface area contributed by atoms with Gasteiger partial charge in [-0.15, -0.1) is 0 Å². The van der Waals surface area contributed by atoms with E-state index in [-0.39, 0.29) is 11.1 Å². The molecule has 0 saturated heterocycles. The molecule has 0 bridgehead atoms. The lowest BCUT2D eigenvalue weighted by Crippen LogP contribution is -2.06. The van der Waals surface area contributed by atoms with E-state index in [2.05, 4.69) is 21.3 Å². The summed E-state index contributed by atoms with van der Waals surface area (Å²) in [6, 6.07) is 4.01. The van der Waals surface area contributed by atoms with Crippen molar-refractivity contribution in [1.29, 1.82) is 0 Å². The van der Waals surface area contributed by atoms with Gasteiger partial charge in [-0.3, -0.25) is 4.79 Å². The first kappa shape index (κ1) is 12.2. The molecule has 18 heavy (non-hydrogen) atoms. The van der Waals surface area contributed by atoms with Gasteiger partial charge in [0.1, 0.15) is 5.52 Å². The van der Waals surface area contributed by atoms with Crippen molar-refractivity contribution in [1.82, 2.24) is 4.98 Å². The molecule has 0 fully saturated rings. The number of anilines is 1. The Bertz CT molecular complexity index is 616. The molecule has 2 rings (SSSR count). The van der Waals surface area contributed by atoms with Crippen LogP contribution in [-0.4, -0.2) is 10.9 Å². The summed E-state index contributed by atoms with van der Waals surface area (Å²) in [5.74, 6) is -1.78. The molecule has 1 heterocycles. The predicted molar refractivity (Wildman–Crippen MR) is 57.8 cm³/mol. The van der Waals surface area contributed by atoms with E-state index in [1.54, 1.807) is 0 Å². The minimum atomic E-state index is -4.64. The molecule has 0 saturated carbocycles. The van der Waals surface area contributed by atoms with Crippen LogP contribution in [0, 0.1) is 0 Å². The highest BCUT2D eigenvalue weighted by atomic mass is 19.4. The third kappa shape index (κ3) is 2.34. The van der Waals surface area contributed by atoms with E-state index in [1.807, 2.05) is 0 Å². The molecule has 1 aromatic carbocycles. The molecule has 0 radical (unpaired) electrons. The standard InChI is InChI=1S/C11H7F3N2O2/c1-2-9(17)15-6-3-4-7-8(5-6)18-10(16-7)11(12,13)14/h2-5H,1H2,(H,15,17). The van der Waals surface area contributed by atoms with E-state index in [0.717, 1.165) is 6.08 Å². The zero-order valence-corrected chi connectivity index (χ0v) is 8.91. The lowest BCUT2D eigenvalue weighted by atomic mass is 10.3. The largest absolute Gasteiger partial charge is 0.468 e. The number of carbonyl (C=O) groups excluding carboxylic acids is 1. The molecule has 0 unspecified atom stereocenters. The fourth-order valence-electron chi connectivity index (χ4n) is 1.32. The molecule has 1 N–H and O–H groups in total. The summed E-state index contributed by atoms with van der Waals surface area (Å²) in [7, 11) is 0. The monoisotopic (exact) mass is 256 g/mol. The summed E-state index contributed by atoms with van der Waals surface area (Å²) in [6.45, 7) is 3.26. The summed E-state index contributed by atoms with van der Waals surface area (Å²) in [6.07, 6.45) is -3.59. The lowest BCUT2D eigenvalue weighted by Gasteiger charge is -2.00. The van der Waals surface area contributed by atoms with Crippen LogP contribution in [-0.2, 0) is 11.0 Å². The number of rotatable bonds is 2. The smallest absolute Gasteiger partial charge is 0.433 e. The number of halogens is 3. The minimum Gasteiger partial charge on any atom is -0.433 e. The maximum atomic E-state index is 12.4. The number of fused-ring (bicyclic) bond motifs is 1. The Morgan fingerprint density at radius 3 is 2.78 bits per heavy atom. The second-order valence-electron chi connectivity index (χ2n) is 3.39. The Balaban J connectivity index is 2.39. The second kappa shape index (κ2) is 4.17. The normalized spacial score (nSPS) is 11.5. The average molecular weight is 256 g/mol. The Kier molecular flexibility index (Phi) is 2.82. The van der Waals surface area contributed by atoms with Crippen LogP contribution in [0.3, 0.4) is 0 Å². The molecule has 1 aromatic heterocycles. The first-order valence-electron chi connectivity index (χ1n) is 4.81. The number of oxazole rings is 1. The Morgan fingerprint density at radius 1 is 1.44 bits per heavy atom. The number of aromatic nitrogens is 1. The Hall–Kier alpha value is -2.31. The highest BCUT2D eigenvalue weighted by Crippen LogP contribution is 2.31. The maximum absolute atomic E-state index is 12.4. The van der Waals surface area contributed by atoms with Crippen LogP contribution in [0.5, 0.6) is 0 Å². The van der Waals surface area contributed by atoms with E-state index < -0.39 is 18.0 Å². The number of hydrogen-bond acceptors (Lipinski definition) is 3. The molecule has 2 aromatic rings. The Labute approximate surface area is 99.1 Å². The number of amides is 1. The lowest BCUT2D eigenvalue weighted by molar-refractivity contribution is -0.156. The van der Waals surface area contributed by atoms with Gasteiger partial charge in [0, 0.05) is 11.8 Å². The van der Waals surface area contributed by atoms with Crippen LogP contribution < -0.4 is 5.32 Å². The van der Waals surface area contributed by atoms with Gasteiger partial charge >= 0.3 is 12.1 Å². The Morgan fingerprint density at radius 2 is 2.17 bits per heavy atom. The van der Waals surface area contributed by atoms with Crippen molar-refractivity contribution in [3.05, 3.63) is 36.7 Å². The quantitative estimate of drug-likeness (QED) is 0.840. The van der Waals surface area contributed by atoms with Crippen molar-refractivity contribution in [3.8, 4) is 0 Å². The third-order valence-corrected chi connectivity index (χ3v) is 2.08. The van der Waals surface area contributed by atoms with E-state index in [9.17, 15) is 18.0 Å². The van der Waals surface area contributed by atoms with E-state index in [1.165, 1.54) is 18.2 Å². The van der Waals surface area contributed by atoms with Gasteiger partial charge in [0.25, 0.3) is 0 Å². The molecule has 0 atom stereocenters. The van der Waals surface area contributed by atoms with Crippen LogP contribution in [0.2, 0.25) is 0 Å². The van der Waals surface area contributed by atoms with Crippen LogP contribution in [0.15, 0.2) is 35.3 Å². The highest BCUT2D eigenvalue weighted by molar-refractivity contribution is 5.99. The van der Waals surface area contributed by atoms with E-state index in [4.69, 9.17) is 0 Å². The van der Waals surface area contributed by atoms with Crippen molar-refractivity contribution < 1.29 is 22.4 Å². The van der Waals surface area contributed by atoms with Crippen molar-refractivity contribution in [2.45, 2.75) is 6.18 Å². The maximum Gasteiger partial charge on any atom is 0.468 e. The number of nitrogens with zero attached hydrogens (tertiary/aromatic N) is 1. The summed E-state index contributed by atoms with van der Waals surface area (Å²) < 4.78 is 41.6. The van der Waals surface area contributed by atoms with Crippen LogP contribution in [0.25, 0.3) is 11.1 Å². The van der Waals surface area contributed by atoms with Gasteiger partial charge in [-0.05, 0) is 18.2 Å². The number of alkyl halides is 3. The van der Waals surface area contributed by atoms with Crippen molar-refractivity contribution in [2.75, 3.05) is 5.32 Å². The first-order chi connectivity index (χ1) is 8.40. The third-order valence-electron chi connectivity index (χ3n) is 2.08. The number of nitrogens with one attached hydrogen (secondary N) is 1. The summed E-state index contributed by atoms with van der Waals surface area (Å²) in [5.41, 5.74) is 0.320. The van der Waals surface area contributed by atoms with Crippen LogP contribution in [0.4, 0.5) is 18.9 Å². The predicted octanol–water partition coefficient (Wildman–Crippen LogP) is 2.97. The van der Waals surface area contributed by atoms with Gasteiger partial charge in [0.05, 0.1) is 0 Å². The van der Waals surface area contributed by atoms with Gasteiger partial charge < -0.3 is 9.73 Å². The summed E-state index contributed by atoms with van der Waals surface area (Å²) >= 11 is 0. The molecular weight excluding hydrogens is 249 g/mol. The van der Waals surface area contributed by atoms with Gasteiger partial charge in [-0.1, -0.05) is 6.58 Å². The van der Waals surface area contributed by atoms with E-state index >= 15 is 0 Å². The van der Waals surface area contributed by atoms with Gasteiger partial charge in [0.15, 0.2) is 5.58 Å². The van der Waals surface area contributed by atoms with Gasteiger partial charge in [-0.2, -0.15) is 13.2 Å². The zero-order valence-electron chi connectivity index (χ0n) is 8.91. The van der Waals surface area contributed by atoms with Crippen molar-refractivity contribution >= 4 is 22.7 Å². The van der Waals surface area contributed by atoms with Gasteiger partial charge in [0.2, 0.25) is 5.91 Å². The molecular formula is C11H7F3N2O2. The second-order valence-corrected chi connectivity index (χ2v) is 3.39. The van der Waals surface area contributed by atoms with Crippen LogP contribution >= 0.6 is 0 Å². The molecule has 4 nitrogen and oxygen atoms in total. The fraction of sp³-hybridized carbons (Fsp3) is 0.0909. The van der Waals surface area contributed by atoms with E-state index in [0.29, 0.717) is 5.69 Å². The molecule has 0 aliphatic rings. The minimum absolute atomic E-state index is 0.0517. The fourth-order valence-corrected chi connectivity index (χ4v) is 1.32. The topological polar surface area (TPSA) is 55.1 Å². The molecule has 7 heteroatoms. The highest BCUT2D eigenvalue weighted by Gasteiger charge is 2.37. The number of hydrogen-bond donors (Lipinski definition) is 1. The summed E-state index contributed by atoms with van der Waals surface area (Å²) in [4.78, 5) is 14.3. The number of carbonyl (C=O) groups is 1. The average Bonchev–Trinajstić information content (AvgIpc) is 2.71. The van der Waals surface area contributed by atoms with Crippen molar-refractivity contribution in [3.63, 3.8) is 0 Å². The van der Waals surface area contributed by atoms with Gasteiger partial charge in [-0.25, -0.2) is 4.98 Å². The SMILES string of the molecule is C=CC(=O)Nc1ccc2nc(C(F)(F)F)oc2c1. The molecule has 0 spiro atoms. The molecule has 1 amide bonds. The molecule has 94 valence electrons.